The van der Waals surface area contributed by atoms with E-state index in [4.69, 9.17) is 5.11 Å². The third-order valence-electron chi connectivity index (χ3n) is 2.39. The Morgan fingerprint density at radius 1 is 1.44 bits per heavy atom. The maximum absolute atomic E-state index is 13.2. The molecule has 98 valence electrons. The van der Waals surface area contributed by atoms with Crippen LogP contribution in [0.15, 0.2) is 18.2 Å². The number of aliphatic carboxylic acids is 1. The molecule has 0 radical (unpaired) electrons. The number of carboxylic acid groups (broad SMARTS) is 1. The molecule has 1 rings (SSSR count). The van der Waals surface area contributed by atoms with Crippen LogP contribution in [0.25, 0.3) is 0 Å². The van der Waals surface area contributed by atoms with Gasteiger partial charge in [-0.25, -0.2) is 4.39 Å². The van der Waals surface area contributed by atoms with Gasteiger partial charge >= 0.3 is 5.97 Å². The Labute approximate surface area is 104 Å². The predicted octanol–water partition coefficient (Wildman–Crippen LogP) is 1.14. The number of carbonyl (C=O) groups is 2. The molecule has 1 amide bonds. The predicted molar refractivity (Wildman–Crippen MR) is 64.9 cm³/mol. The number of nitrogens with one attached hydrogen (secondary N) is 2. The van der Waals surface area contributed by atoms with Crippen molar-refractivity contribution in [2.24, 2.45) is 0 Å². The first kappa shape index (κ1) is 14.1. The SMILES string of the molecule is Cc1ccc(NC(=O)CNC(C)C(=O)O)cc1F. The van der Waals surface area contributed by atoms with Gasteiger partial charge in [-0.05, 0) is 31.5 Å². The highest BCUT2D eigenvalue weighted by atomic mass is 19.1. The van der Waals surface area contributed by atoms with Gasteiger partial charge in [-0.1, -0.05) is 6.07 Å². The molecule has 0 heterocycles. The molecule has 18 heavy (non-hydrogen) atoms. The lowest BCUT2D eigenvalue weighted by molar-refractivity contribution is -0.139. The topological polar surface area (TPSA) is 78.4 Å². The van der Waals surface area contributed by atoms with Gasteiger partial charge in [0.05, 0.1) is 6.54 Å². The van der Waals surface area contributed by atoms with E-state index in [0.717, 1.165) is 0 Å². The zero-order valence-corrected chi connectivity index (χ0v) is 10.2. The van der Waals surface area contributed by atoms with Crippen LogP contribution in [0.4, 0.5) is 10.1 Å². The zero-order valence-electron chi connectivity index (χ0n) is 10.2. The van der Waals surface area contributed by atoms with Crippen molar-refractivity contribution in [2.75, 3.05) is 11.9 Å². The van der Waals surface area contributed by atoms with Gasteiger partial charge in [-0.2, -0.15) is 0 Å². The molecule has 1 aromatic carbocycles. The van der Waals surface area contributed by atoms with Crippen LogP contribution in [0.5, 0.6) is 0 Å². The van der Waals surface area contributed by atoms with Gasteiger partial charge in [0.1, 0.15) is 11.9 Å². The number of carbonyl (C=O) groups excluding carboxylic acids is 1. The van der Waals surface area contributed by atoms with Crippen molar-refractivity contribution in [3.8, 4) is 0 Å². The molecule has 6 heteroatoms. The lowest BCUT2D eigenvalue weighted by Gasteiger charge is -2.10. The number of rotatable bonds is 5. The fourth-order valence-electron chi connectivity index (χ4n) is 1.21. The summed E-state index contributed by atoms with van der Waals surface area (Å²) >= 11 is 0. The first-order chi connectivity index (χ1) is 8.40. The second-order valence-corrected chi connectivity index (χ2v) is 3.95. The molecule has 0 fully saturated rings. The number of carboxylic acids is 1. The van der Waals surface area contributed by atoms with Crippen LogP contribution >= 0.6 is 0 Å². The number of benzene rings is 1. The van der Waals surface area contributed by atoms with Crippen LogP contribution in [0.2, 0.25) is 0 Å². The number of anilines is 1. The number of amides is 1. The van der Waals surface area contributed by atoms with Crippen molar-refractivity contribution >= 4 is 17.6 Å². The monoisotopic (exact) mass is 254 g/mol. The smallest absolute Gasteiger partial charge is 0.320 e. The molecular formula is C12H15FN2O3. The van der Waals surface area contributed by atoms with E-state index in [9.17, 15) is 14.0 Å². The van der Waals surface area contributed by atoms with Crippen molar-refractivity contribution in [3.05, 3.63) is 29.6 Å². The molecule has 0 aliphatic carbocycles. The van der Waals surface area contributed by atoms with Crippen molar-refractivity contribution in [2.45, 2.75) is 19.9 Å². The Morgan fingerprint density at radius 2 is 2.11 bits per heavy atom. The molecule has 1 atom stereocenters. The van der Waals surface area contributed by atoms with Crippen molar-refractivity contribution in [1.29, 1.82) is 0 Å². The zero-order chi connectivity index (χ0) is 13.7. The van der Waals surface area contributed by atoms with E-state index in [1.54, 1.807) is 19.1 Å². The molecule has 0 bridgehead atoms. The minimum absolute atomic E-state index is 0.150. The average Bonchev–Trinajstić information content (AvgIpc) is 2.30. The Balaban J connectivity index is 2.49. The summed E-state index contributed by atoms with van der Waals surface area (Å²) in [6.45, 7) is 2.90. The minimum atomic E-state index is -1.04. The molecule has 0 aliphatic rings. The third-order valence-corrected chi connectivity index (χ3v) is 2.39. The molecule has 5 nitrogen and oxygen atoms in total. The summed E-state index contributed by atoms with van der Waals surface area (Å²) in [6, 6.07) is 3.54. The highest BCUT2D eigenvalue weighted by Gasteiger charge is 2.11. The summed E-state index contributed by atoms with van der Waals surface area (Å²) in [5.41, 5.74) is 0.832. The Hall–Kier alpha value is -1.95. The maximum Gasteiger partial charge on any atom is 0.320 e. The average molecular weight is 254 g/mol. The van der Waals surface area contributed by atoms with Gasteiger partial charge in [0.25, 0.3) is 0 Å². The van der Waals surface area contributed by atoms with Gasteiger partial charge < -0.3 is 10.4 Å². The quantitative estimate of drug-likeness (QED) is 0.736. The molecular weight excluding hydrogens is 239 g/mol. The highest BCUT2D eigenvalue weighted by molar-refractivity contribution is 5.92. The van der Waals surface area contributed by atoms with E-state index >= 15 is 0 Å². The molecule has 1 aromatic rings. The summed E-state index contributed by atoms with van der Waals surface area (Å²) < 4.78 is 13.2. The van der Waals surface area contributed by atoms with E-state index in [0.29, 0.717) is 11.3 Å². The lowest BCUT2D eigenvalue weighted by Crippen LogP contribution is -2.39. The fourth-order valence-corrected chi connectivity index (χ4v) is 1.21. The summed E-state index contributed by atoms with van der Waals surface area (Å²) in [4.78, 5) is 22.0. The third kappa shape index (κ3) is 4.14. The molecule has 0 aliphatic heterocycles. The second kappa shape index (κ2) is 6.11. The normalized spacial score (nSPS) is 11.9. The molecule has 0 spiro atoms. The lowest BCUT2D eigenvalue weighted by atomic mass is 10.2. The number of hydrogen-bond donors (Lipinski definition) is 3. The summed E-state index contributed by atoms with van der Waals surface area (Å²) in [6.07, 6.45) is 0. The van der Waals surface area contributed by atoms with Crippen LogP contribution in [0.3, 0.4) is 0 Å². The largest absolute Gasteiger partial charge is 0.480 e. The summed E-state index contributed by atoms with van der Waals surface area (Å²) in [5, 5.41) is 13.6. The molecule has 0 saturated carbocycles. The first-order valence-corrected chi connectivity index (χ1v) is 5.42. The Kier molecular flexibility index (Phi) is 4.79. The van der Waals surface area contributed by atoms with E-state index in [1.807, 2.05) is 0 Å². The van der Waals surface area contributed by atoms with Gasteiger partial charge in [0, 0.05) is 5.69 Å². The molecule has 1 unspecified atom stereocenters. The van der Waals surface area contributed by atoms with Gasteiger partial charge in [-0.15, -0.1) is 0 Å². The maximum atomic E-state index is 13.2. The summed E-state index contributed by atoms with van der Waals surface area (Å²) in [5.74, 6) is -1.87. The van der Waals surface area contributed by atoms with Crippen molar-refractivity contribution in [3.63, 3.8) is 0 Å². The van der Waals surface area contributed by atoms with Crippen LogP contribution in [-0.4, -0.2) is 29.6 Å². The van der Waals surface area contributed by atoms with E-state index in [-0.39, 0.29) is 6.54 Å². The van der Waals surface area contributed by atoms with Gasteiger partial charge in [-0.3, -0.25) is 14.9 Å². The Morgan fingerprint density at radius 3 is 2.67 bits per heavy atom. The first-order valence-electron chi connectivity index (χ1n) is 5.42. The minimum Gasteiger partial charge on any atom is -0.480 e. The van der Waals surface area contributed by atoms with Crippen LogP contribution < -0.4 is 10.6 Å². The molecule has 0 aromatic heterocycles. The Bertz CT molecular complexity index is 463. The number of hydrogen-bond acceptors (Lipinski definition) is 3. The standard InChI is InChI=1S/C12H15FN2O3/c1-7-3-4-9(5-10(7)13)15-11(16)6-14-8(2)12(17)18/h3-5,8,14H,6H2,1-2H3,(H,15,16)(H,17,18). The van der Waals surface area contributed by atoms with Gasteiger partial charge in [0.2, 0.25) is 5.91 Å². The second-order valence-electron chi connectivity index (χ2n) is 3.95. The van der Waals surface area contributed by atoms with Crippen molar-refractivity contribution < 1.29 is 19.1 Å². The summed E-state index contributed by atoms with van der Waals surface area (Å²) in [7, 11) is 0. The fraction of sp³-hybridized carbons (Fsp3) is 0.333. The number of halogens is 1. The van der Waals surface area contributed by atoms with E-state index < -0.39 is 23.7 Å². The van der Waals surface area contributed by atoms with E-state index in [1.165, 1.54) is 13.0 Å². The highest BCUT2D eigenvalue weighted by Crippen LogP contribution is 2.13. The van der Waals surface area contributed by atoms with Crippen molar-refractivity contribution in [1.82, 2.24) is 5.32 Å². The van der Waals surface area contributed by atoms with Crippen LogP contribution in [0, 0.1) is 12.7 Å². The van der Waals surface area contributed by atoms with Crippen LogP contribution in [-0.2, 0) is 9.59 Å². The van der Waals surface area contributed by atoms with Crippen LogP contribution in [0.1, 0.15) is 12.5 Å². The van der Waals surface area contributed by atoms with Gasteiger partial charge in [0.15, 0.2) is 0 Å². The van der Waals surface area contributed by atoms with E-state index in [2.05, 4.69) is 10.6 Å². The number of aryl methyl sites for hydroxylation is 1. The molecule has 3 N–H and O–H groups in total. The molecule has 0 saturated heterocycles.